The summed E-state index contributed by atoms with van der Waals surface area (Å²) >= 11 is 0. The van der Waals surface area contributed by atoms with E-state index < -0.39 is 0 Å². The molecule has 4 nitrogen and oxygen atoms in total. The van der Waals surface area contributed by atoms with E-state index >= 15 is 0 Å². The van der Waals surface area contributed by atoms with Crippen molar-refractivity contribution in [1.29, 1.82) is 0 Å². The van der Waals surface area contributed by atoms with Gasteiger partial charge in [-0.3, -0.25) is 4.90 Å². The van der Waals surface area contributed by atoms with Crippen molar-refractivity contribution in [3.63, 3.8) is 0 Å². The normalized spacial score (nSPS) is 18.8. The summed E-state index contributed by atoms with van der Waals surface area (Å²) in [6.45, 7) is 7.14. The molecular weight excluding hydrogens is 298 g/mol. The van der Waals surface area contributed by atoms with Gasteiger partial charge in [0.15, 0.2) is 0 Å². The summed E-state index contributed by atoms with van der Waals surface area (Å²) in [5, 5.41) is 9.81. The second kappa shape index (κ2) is 7.32. The lowest BCUT2D eigenvalue weighted by Crippen LogP contribution is -2.41. The third-order valence-electron chi connectivity index (χ3n) is 5.02. The molecule has 1 N–H and O–H groups in total. The van der Waals surface area contributed by atoms with E-state index in [9.17, 15) is 5.11 Å². The number of anilines is 1. The molecule has 0 radical (unpaired) electrons. The molecule has 128 valence electrons. The number of aryl methyl sites for hydroxylation is 2. The molecule has 2 aromatic rings. The van der Waals surface area contributed by atoms with Crippen LogP contribution in [0.15, 0.2) is 36.4 Å². The molecule has 3 rings (SSSR count). The minimum atomic E-state index is 0.109. The van der Waals surface area contributed by atoms with Crippen molar-refractivity contribution in [2.24, 2.45) is 0 Å². The predicted molar refractivity (Wildman–Crippen MR) is 98.2 cm³/mol. The third-order valence-corrected chi connectivity index (χ3v) is 5.02. The van der Waals surface area contributed by atoms with Crippen molar-refractivity contribution < 1.29 is 5.11 Å². The van der Waals surface area contributed by atoms with Crippen LogP contribution in [0.25, 0.3) is 0 Å². The molecule has 0 aliphatic carbocycles. The minimum Gasteiger partial charge on any atom is -0.394 e. The van der Waals surface area contributed by atoms with Crippen LogP contribution in [-0.4, -0.2) is 41.2 Å². The monoisotopic (exact) mass is 325 g/mol. The standard InChI is InChI=1S/C20H27N3O/c1-15-6-4-5-7-17(15)12-23-11-10-19(14-24)22(3)20-18(13-23)9-8-16(2)21-20/h4-9,19,24H,10-14H2,1-3H3. The Bertz CT molecular complexity index is 701. The molecule has 0 saturated heterocycles. The highest BCUT2D eigenvalue weighted by Gasteiger charge is 2.24. The van der Waals surface area contributed by atoms with Crippen molar-refractivity contribution in [3.8, 4) is 0 Å². The molecule has 1 atom stereocenters. The quantitative estimate of drug-likeness (QED) is 0.942. The topological polar surface area (TPSA) is 39.6 Å². The van der Waals surface area contributed by atoms with E-state index in [0.717, 1.165) is 37.6 Å². The second-order valence-corrected chi connectivity index (χ2v) is 6.81. The third kappa shape index (κ3) is 3.60. The summed E-state index contributed by atoms with van der Waals surface area (Å²) in [7, 11) is 2.04. The number of nitrogens with zero attached hydrogens (tertiary/aromatic N) is 3. The highest BCUT2D eigenvalue weighted by molar-refractivity contribution is 5.48. The van der Waals surface area contributed by atoms with Gasteiger partial charge < -0.3 is 10.0 Å². The first-order valence-corrected chi connectivity index (χ1v) is 8.65. The highest BCUT2D eigenvalue weighted by atomic mass is 16.3. The number of benzene rings is 1. The number of aromatic nitrogens is 1. The van der Waals surface area contributed by atoms with Gasteiger partial charge in [0.25, 0.3) is 0 Å². The molecule has 1 aliphatic rings. The van der Waals surface area contributed by atoms with E-state index in [1.807, 2.05) is 14.0 Å². The van der Waals surface area contributed by atoms with Crippen LogP contribution < -0.4 is 4.90 Å². The summed E-state index contributed by atoms with van der Waals surface area (Å²) in [6, 6.07) is 12.9. The number of aliphatic hydroxyl groups excluding tert-OH is 1. The molecule has 0 bridgehead atoms. The van der Waals surface area contributed by atoms with Crippen LogP contribution in [0.4, 0.5) is 5.82 Å². The van der Waals surface area contributed by atoms with Crippen LogP contribution in [0.3, 0.4) is 0 Å². The van der Waals surface area contributed by atoms with Gasteiger partial charge in [0.05, 0.1) is 12.6 Å². The Morgan fingerprint density at radius 2 is 1.96 bits per heavy atom. The Balaban J connectivity index is 1.90. The van der Waals surface area contributed by atoms with E-state index in [-0.39, 0.29) is 12.6 Å². The lowest BCUT2D eigenvalue weighted by Gasteiger charge is -2.35. The smallest absolute Gasteiger partial charge is 0.133 e. The number of hydrogen-bond donors (Lipinski definition) is 1. The van der Waals surface area contributed by atoms with E-state index in [1.54, 1.807) is 0 Å². The van der Waals surface area contributed by atoms with E-state index in [2.05, 4.69) is 53.1 Å². The lowest BCUT2D eigenvalue weighted by atomic mass is 10.0. The first kappa shape index (κ1) is 16.9. The van der Waals surface area contributed by atoms with Gasteiger partial charge in [0.2, 0.25) is 0 Å². The lowest BCUT2D eigenvalue weighted by molar-refractivity contribution is 0.205. The summed E-state index contributed by atoms with van der Waals surface area (Å²) in [5.74, 6) is 1.00. The van der Waals surface area contributed by atoms with Gasteiger partial charge in [-0.2, -0.15) is 0 Å². The molecule has 0 amide bonds. The Morgan fingerprint density at radius 1 is 1.17 bits per heavy atom. The molecule has 2 heterocycles. The van der Waals surface area contributed by atoms with E-state index in [1.165, 1.54) is 16.7 Å². The molecule has 0 fully saturated rings. The molecule has 1 aromatic carbocycles. The number of aliphatic hydroxyl groups is 1. The summed E-state index contributed by atoms with van der Waals surface area (Å²) < 4.78 is 0. The van der Waals surface area contributed by atoms with Crippen LogP contribution in [0.5, 0.6) is 0 Å². The van der Waals surface area contributed by atoms with Gasteiger partial charge in [0.1, 0.15) is 5.82 Å². The fourth-order valence-corrected chi connectivity index (χ4v) is 3.40. The maximum Gasteiger partial charge on any atom is 0.133 e. The predicted octanol–water partition coefficient (Wildman–Crippen LogP) is 2.90. The van der Waals surface area contributed by atoms with Gasteiger partial charge in [-0.05, 0) is 37.5 Å². The van der Waals surface area contributed by atoms with Gasteiger partial charge in [0, 0.05) is 37.9 Å². The SMILES string of the molecule is Cc1ccc2c(n1)N(C)C(CO)CCN(Cc1ccccc1C)C2. The zero-order chi connectivity index (χ0) is 17.1. The van der Waals surface area contributed by atoms with Crippen molar-refractivity contribution in [1.82, 2.24) is 9.88 Å². The number of hydrogen-bond acceptors (Lipinski definition) is 4. The average Bonchev–Trinajstić information content (AvgIpc) is 2.57. The van der Waals surface area contributed by atoms with Gasteiger partial charge in [-0.1, -0.05) is 30.3 Å². The Kier molecular flexibility index (Phi) is 5.17. The highest BCUT2D eigenvalue weighted by Crippen LogP contribution is 2.26. The van der Waals surface area contributed by atoms with Gasteiger partial charge in [-0.25, -0.2) is 4.98 Å². The summed E-state index contributed by atoms with van der Waals surface area (Å²) in [4.78, 5) is 9.35. The molecule has 0 spiro atoms. The van der Waals surface area contributed by atoms with Crippen LogP contribution in [0, 0.1) is 13.8 Å². The van der Waals surface area contributed by atoms with Crippen molar-refractivity contribution in [2.45, 2.75) is 39.4 Å². The number of pyridine rings is 1. The zero-order valence-electron chi connectivity index (χ0n) is 14.9. The molecule has 1 aliphatic heterocycles. The summed E-state index contributed by atoms with van der Waals surface area (Å²) in [5.41, 5.74) is 4.95. The molecule has 1 aromatic heterocycles. The van der Waals surface area contributed by atoms with Crippen molar-refractivity contribution >= 4 is 5.82 Å². The maximum atomic E-state index is 9.81. The van der Waals surface area contributed by atoms with Gasteiger partial charge >= 0.3 is 0 Å². The molecular formula is C20H27N3O. The molecule has 4 heteroatoms. The Hall–Kier alpha value is -1.91. The Labute approximate surface area is 144 Å². The number of fused-ring (bicyclic) bond motifs is 1. The summed E-state index contributed by atoms with van der Waals surface area (Å²) in [6.07, 6.45) is 0.938. The Morgan fingerprint density at radius 3 is 2.71 bits per heavy atom. The first-order valence-electron chi connectivity index (χ1n) is 8.65. The first-order chi connectivity index (χ1) is 11.6. The molecule has 24 heavy (non-hydrogen) atoms. The molecule has 0 saturated carbocycles. The number of rotatable bonds is 3. The van der Waals surface area contributed by atoms with E-state index in [0.29, 0.717) is 0 Å². The van der Waals surface area contributed by atoms with Crippen molar-refractivity contribution in [3.05, 3.63) is 58.8 Å². The largest absolute Gasteiger partial charge is 0.394 e. The zero-order valence-corrected chi connectivity index (χ0v) is 14.9. The average molecular weight is 325 g/mol. The van der Waals surface area contributed by atoms with Crippen molar-refractivity contribution in [2.75, 3.05) is 25.1 Å². The molecule has 1 unspecified atom stereocenters. The maximum absolute atomic E-state index is 9.81. The minimum absolute atomic E-state index is 0.109. The second-order valence-electron chi connectivity index (χ2n) is 6.81. The van der Waals surface area contributed by atoms with E-state index in [4.69, 9.17) is 4.98 Å². The van der Waals surface area contributed by atoms with Crippen LogP contribution >= 0.6 is 0 Å². The fourth-order valence-electron chi connectivity index (χ4n) is 3.40. The van der Waals surface area contributed by atoms with Crippen LogP contribution in [-0.2, 0) is 13.1 Å². The fraction of sp³-hybridized carbons (Fsp3) is 0.450. The van der Waals surface area contributed by atoms with Crippen LogP contribution in [0.2, 0.25) is 0 Å². The van der Waals surface area contributed by atoms with Crippen LogP contribution in [0.1, 0.15) is 28.8 Å². The van der Waals surface area contributed by atoms with Gasteiger partial charge in [-0.15, -0.1) is 0 Å². The number of likely N-dealkylation sites (N-methyl/N-ethyl adjacent to an activating group) is 1.